The smallest absolute Gasteiger partial charge is 0.221 e. The molecule has 0 bridgehead atoms. The van der Waals surface area contributed by atoms with E-state index in [0.29, 0.717) is 11.4 Å². The number of amides is 1. The fraction of sp³-hybridized carbons (Fsp3) is 0.235. The Hall–Kier alpha value is -2.89. The van der Waals surface area contributed by atoms with E-state index >= 15 is 0 Å². The summed E-state index contributed by atoms with van der Waals surface area (Å²) in [6.07, 6.45) is 1.70. The lowest BCUT2D eigenvalue weighted by atomic mass is 10.1. The molecule has 0 aliphatic carbocycles. The van der Waals surface area contributed by atoms with Gasteiger partial charge in [0.25, 0.3) is 0 Å². The molecule has 6 nitrogen and oxygen atoms in total. The molecular formula is C17H18N4O2. The van der Waals surface area contributed by atoms with Crippen LogP contribution < -0.4 is 5.32 Å². The molecule has 0 spiro atoms. The maximum atomic E-state index is 11.3. The molecule has 0 aliphatic rings. The molecule has 0 aliphatic heterocycles. The molecule has 2 N–H and O–H groups in total. The van der Waals surface area contributed by atoms with Gasteiger partial charge in [0.2, 0.25) is 5.91 Å². The Bertz CT molecular complexity index is 837. The van der Waals surface area contributed by atoms with E-state index < -0.39 is 0 Å². The van der Waals surface area contributed by atoms with Crippen molar-refractivity contribution in [2.24, 2.45) is 0 Å². The van der Waals surface area contributed by atoms with E-state index in [2.05, 4.69) is 22.4 Å². The zero-order valence-corrected chi connectivity index (χ0v) is 13.1. The van der Waals surface area contributed by atoms with Crippen LogP contribution in [0.5, 0.6) is 5.75 Å². The van der Waals surface area contributed by atoms with Gasteiger partial charge >= 0.3 is 0 Å². The van der Waals surface area contributed by atoms with Crippen LogP contribution in [-0.4, -0.2) is 26.0 Å². The number of carbonyl (C=O) groups is 1. The van der Waals surface area contributed by atoms with Gasteiger partial charge in [-0.05, 0) is 30.2 Å². The van der Waals surface area contributed by atoms with Crippen LogP contribution in [0.2, 0.25) is 0 Å². The predicted octanol–water partition coefficient (Wildman–Crippen LogP) is 3.04. The Kier molecular flexibility index (Phi) is 3.97. The van der Waals surface area contributed by atoms with Crippen molar-refractivity contribution in [3.63, 3.8) is 0 Å². The van der Waals surface area contributed by atoms with Crippen LogP contribution in [0.25, 0.3) is 16.7 Å². The highest BCUT2D eigenvalue weighted by molar-refractivity contribution is 5.90. The van der Waals surface area contributed by atoms with Gasteiger partial charge in [-0.25, -0.2) is 0 Å². The number of fused-ring (bicyclic) bond motifs is 1. The van der Waals surface area contributed by atoms with Gasteiger partial charge < -0.3 is 10.4 Å². The fourth-order valence-corrected chi connectivity index (χ4v) is 2.53. The summed E-state index contributed by atoms with van der Waals surface area (Å²) in [5.74, 6) is -0.147. The zero-order chi connectivity index (χ0) is 16.4. The molecule has 0 atom stereocenters. The number of aromatic hydroxyl groups is 1. The van der Waals surface area contributed by atoms with Crippen LogP contribution in [0.3, 0.4) is 0 Å². The molecule has 3 rings (SSSR count). The summed E-state index contributed by atoms with van der Waals surface area (Å²) >= 11 is 0. The first-order chi connectivity index (χ1) is 11.1. The number of anilines is 1. The highest BCUT2D eigenvalue weighted by Crippen LogP contribution is 2.30. The topological polar surface area (TPSA) is 80.0 Å². The van der Waals surface area contributed by atoms with E-state index in [4.69, 9.17) is 0 Å². The summed E-state index contributed by atoms with van der Waals surface area (Å²) in [5, 5.41) is 21.9. The molecule has 1 heterocycles. The molecule has 0 unspecified atom stereocenters. The second kappa shape index (κ2) is 6.08. The van der Waals surface area contributed by atoms with Crippen molar-refractivity contribution in [1.82, 2.24) is 15.0 Å². The third-order valence-corrected chi connectivity index (χ3v) is 3.53. The first-order valence-corrected chi connectivity index (χ1v) is 7.54. The van der Waals surface area contributed by atoms with Crippen molar-refractivity contribution in [2.45, 2.75) is 26.7 Å². The molecule has 3 aromatic rings. The molecule has 118 valence electrons. The Morgan fingerprint density at radius 1 is 1.22 bits per heavy atom. The number of hydrogen-bond donors (Lipinski definition) is 2. The Morgan fingerprint density at radius 2 is 1.87 bits per heavy atom. The van der Waals surface area contributed by atoms with Crippen molar-refractivity contribution in [3.05, 3.63) is 42.0 Å². The van der Waals surface area contributed by atoms with Crippen LogP contribution in [0.15, 0.2) is 36.4 Å². The van der Waals surface area contributed by atoms with Gasteiger partial charge in [-0.3, -0.25) is 4.79 Å². The summed E-state index contributed by atoms with van der Waals surface area (Å²) in [4.78, 5) is 12.8. The summed E-state index contributed by atoms with van der Waals surface area (Å²) in [6.45, 7) is 3.51. The number of carbonyl (C=O) groups excluding carboxylic acids is 1. The summed E-state index contributed by atoms with van der Waals surface area (Å²) in [5.41, 5.74) is 3.58. The van der Waals surface area contributed by atoms with Gasteiger partial charge in [0.15, 0.2) is 0 Å². The van der Waals surface area contributed by atoms with Crippen LogP contribution in [-0.2, 0) is 11.2 Å². The molecule has 1 aromatic heterocycles. The monoisotopic (exact) mass is 310 g/mol. The maximum absolute atomic E-state index is 11.3. The standard InChI is InChI=1S/C17H18N4O2/c1-3-6-12-9-16(17(23)10-15(12)18-11(2)22)21-19-13-7-4-5-8-14(13)20-21/h4-5,7-10,23H,3,6H2,1-2H3,(H,18,22). The highest BCUT2D eigenvalue weighted by atomic mass is 16.3. The number of nitrogens with zero attached hydrogens (tertiary/aromatic N) is 3. The predicted molar refractivity (Wildman–Crippen MR) is 88.8 cm³/mol. The highest BCUT2D eigenvalue weighted by Gasteiger charge is 2.14. The quantitative estimate of drug-likeness (QED) is 0.776. The number of rotatable bonds is 4. The molecule has 0 saturated carbocycles. The fourth-order valence-electron chi connectivity index (χ4n) is 2.53. The average Bonchev–Trinajstić information content (AvgIpc) is 2.93. The Labute approximate surface area is 133 Å². The molecule has 6 heteroatoms. The number of benzene rings is 2. The van der Waals surface area contributed by atoms with Crippen LogP contribution in [0.1, 0.15) is 25.8 Å². The van der Waals surface area contributed by atoms with Gasteiger partial charge in [-0.2, -0.15) is 0 Å². The van der Waals surface area contributed by atoms with Crippen molar-refractivity contribution in [3.8, 4) is 11.4 Å². The van der Waals surface area contributed by atoms with E-state index in [-0.39, 0.29) is 11.7 Å². The normalized spacial score (nSPS) is 10.9. The lowest BCUT2D eigenvalue weighted by Gasteiger charge is -2.13. The van der Waals surface area contributed by atoms with E-state index in [1.165, 1.54) is 11.7 Å². The van der Waals surface area contributed by atoms with Crippen LogP contribution >= 0.6 is 0 Å². The molecular weight excluding hydrogens is 292 g/mol. The number of phenols is 1. The van der Waals surface area contributed by atoms with Gasteiger partial charge in [0.05, 0.1) is 0 Å². The van der Waals surface area contributed by atoms with Gasteiger partial charge in [-0.15, -0.1) is 15.0 Å². The molecule has 0 saturated heterocycles. The SMILES string of the molecule is CCCc1cc(-n2nc3ccccc3n2)c(O)cc1NC(C)=O. The van der Waals surface area contributed by atoms with Crippen molar-refractivity contribution in [2.75, 3.05) is 5.32 Å². The minimum Gasteiger partial charge on any atom is -0.506 e. The van der Waals surface area contributed by atoms with Crippen LogP contribution in [0, 0.1) is 0 Å². The van der Waals surface area contributed by atoms with E-state index in [1.807, 2.05) is 30.3 Å². The lowest BCUT2D eigenvalue weighted by molar-refractivity contribution is -0.114. The number of phenolic OH excluding ortho intramolecular Hbond substituents is 1. The molecule has 0 fully saturated rings. The van der Waals surface area contributed by atoms with Gasteiger partial charge in [0, 0.05) is 18.7 Å². The minimum absolute atomic E-state index is 0.0221. The van der Waals surface area contributed by atoms with E-state index in [0.717, 1.165) is 29.4 Å². The first kappa shape index (κ1) is 15.0. The molecule has 0 radical (unpaired) electrons. The summed E-state index contributed by atoms with van der Waals surface area (Å²) in [6, 6.07) is 10.9. The number of nitrogens with one attached hydrogen (secondary N) is 1. The van der Waals surface area contributed by atoms with Crippen molar-refractivity contribution in [1.29, 1.82) is 0 Å². The zero-order valence-electron chi connectivity index (χ0n) is 13.1. The maximum Gasteiger partial charge on any atom is 0.221 e. The third kappa shape index (κ3) is 3.01. The molecule has 1 amide bonds. The number of aromatic nitrogens is 3. The largest absolute Gasteiger partial charge is 0.506 e. The molecule has 2 aromatic carbocycles. The summed E-state index contributed by atoms with van der Waals surface area (Å²) in [7, 11) is 0. The minimum atomic E-state index is -0.169. The number of aryl methyl sites for hydroxylation is 1. The van der Waals surface area contributed by atoms with Crippen LogP contribution in [0.4, 0.5) is 5.69 Å². The number of hydrogen-bond acceptors (Lipinski definition) is 4. The van der Waals surface area contributed by atoms with E-state index in [1.54, 1.807) is 6.07 Å². The Balaban J connectivity index is 2.11. The van der Waals surface area contributed by atoms with Gasteiger partial charge in [-0.1, -0.05) is 25.5 Å². The van der Waals surface area contributed by atoms with Crippen molar-refractivity contribution >= 4 is 22.6 Å². The lowest BCUT2D eigenvalue weighted by Crippen LogP contribution is -2.09. The summed E-state index contributed by atoms with van der Waals surface area (Å²) < 4.78 is 0. The second-order valence-electron chi connectivity index (χ2n) is 5.41. The van der Waals surface area contributed by atoms with Gasteiger partial charge in [0.1, 0.15) is 22.5 Å². The Morgan fingerprint density at radius 3 is 2.43 bits per heavy atom. The molecule has 23 heavy (non-hydrogen) atoms. The van der Waals surface area contributed by atoms with Crippen molar-refractivity contribution < 1.29 is 9.90 Å². The second-order valence-corrected chi connectivity index (χ2v) is 5.41. The first-order valence-electron chi connectivity index (χ1n) is 7.54. The van der Waals surface area contributed by atoms with E-state index in [9.17, 15) is 9.90 Å². The average molecular weight is 310 g/mol. The third-order valence-electron chi connectivity index (χ3n) is 3.53.